The Kier molecular flexibility index (Phi) is 4.54. The number of rotatable bonds is 4. The second-order valence-electron chi connectivity index (χ2n) is 6.95. The van der Waals surface area contributed by atoms with E-state index in [2.05, 4.69) is 5.32 Å². The van der Waals surface area contributed by atoms with Gasteiger partial charge in [0.1, 0.15) is 11.4 Å². The summed E-state index contributed by atoms with van der Waals surface area (Å²) in [5.74, 6) is 0.401. The number of benzene rings is 1. The molecule has 2 aliphatic heterocycles. The van der Waals surface area contributed by atoms with Crippen molar-refractivity contribution >= 4 is 6.09 Å². The zero-order valence-electron chi connectivity index (χ0n) is 14.0. The fourth-order valence-electron chi connectivity index (χ4n) is 3.23. The van der Waals surface area contributed by atoms with Crippen molar-refractivity contribution in [1.29, 1.82) is 0 Å². The van der Waals surface area contributed by atoms with E-state index in [1.54, 1.807) is 0 Å². The van der Waals surface area contributed by atoms with E-state index in [4.69, 9.17) is 14.6 Å². The number of carboxylic acid groups (broad SMARTS) is 1. The maximum atomic E-state index is 14.1. The van der Waals surface area contributed by atoms with Gasteiger partial charge in [-0.25, -0.2) is 9.18 Å². The molecule has 1 fully saturated rings. The fourth-order valence-corrected chi connectivity index (χ4v) is 3.23. The van der Waals surface area contributed by atoms with Gasteiger partial charge in [-0.3, -0.25) is 0 Å². The fraction of sp³-hybridized carbons (Fsp3) is 0.588. The van der Waals surface area contributed by atoms with Gasteiger partial charge in [0.15, 0.2) is 11.6 Å². The first-order valence-corrected chi connectivity index (χ1v) is 8.19. The van der Waals surface area contributed by atoms with Crippen molar-refractivity contribution in [2.24, 2.45) is 0 Å². The van der Waals surface area contributed by atoms with Gasteiger partial charge in [0.2, 0.25) is 0 Å². The van der Waals surface area contributed by atoms with Crippen LogP contribution in [0.2, 0.25) is 0 Å². The number of nitrogens with one attached hydrogen (secondary N) is 1. The Labute approximate surface area is 140 Å². The summed E-state index contributed by atoms with van der Waals surface area (Å²) in [4.78, 5) is 12.4. The van der Waals surface area contributed by atoms with Crippen LogP contribution in [0.4, 0.5) is 9.18 Å². The lowest BCUT2D eigenvalue weighted by molar-refractivity contribution is 0.124. The second-order valence-corrected chi connectivity index (χ2v) is 6.95. The van der Waals surface area contributed by atoms with E-state index in [-0.39, 0.29) is 6.04 Å². The number of halogens is 1. The lowest BCUT2D eigenvalue weighted by Crippen LogP contribution is -2.52. The number of piperazine rings is 1. The molecule has 2 heterocycles. The minimum absolute atomic E-state index is 0.0522. The molecular weight excluding hydrogens is 315 g/mol. The van der Waals surface area contributed by atoms with Gasteiger partial charge in [0.25, 0.3) is 0 Å². The highest BCUT2D eigenvalue weighted by Crippen LogP contribution is 2.39. The number of fused-ring (bicyclic) bond motifs is 1. The van der Waals surface area contributed by atoms with Crippen LogP contribution in [-0.4, -0.2) is 54.0 Å². The van der Waals surface area contributed by atoms with Crippen molar-refractivity contribution < 1.29 is 23.8 Å². The monoisotopic (exact) mass is 338 g/mol. The molecule has 2 N–H and O–H groups in total. The topological polar surface area (TPSA) is 71.0 Å². The van der Waals surface area contributed by atoms with Crippen LogP contribution in [0.15, 0.2) is 12.1 Å². The number of nitrogens with zero attached hydrogens (tertiary/aromatic N) is 1. The van der Waals surface area contributed by atoms with E-state index in [1.807, 2.05) is 19.9 Å². The lowest BCUT2D eigenvalue weighted by atomic mass is 10.0. The maximum absolute atomic E-state index is 14.1. The van der Waals surface area contributed by atoms with Crippen molar-refractivity contribution in [1.82, 2.24) is 10.2 Å². The number of amides is 1. The van der Waals surface area contributed by atoms with Crippen LogP contribution in [-0.2, 0) is 6.42 Å². The summed E-state index contributed by atoms with van der Waals surface area (Å²) in [6.07, 6.45) is 0.407. The van der Waals surface area contributed by atoms with Crippen LogP contribution in [0.25, 0.3) is 0 Å². The second kappa shape index (κ2) is 6.47. The molecular formula is C17H23FN2O4. The Hall–Kier alpha value is -2.02. The summed E-state index contributed by atoms with van der Waals surface area (Å²) < 4.78 is 25.4. The van der Waals surface area contributed by atoms with Crippen molar-refractivity contribution in [3.63, 3.8) is 0 Å². The van der Waals surface area contributed by atoms with Gasteiger partial charge in [-0.2, -0.15) is 0 Å². The number of ether oxygens (including phenoxy) is 2. The molecule has 0 unspecified atom stereocenters. The van der Waals surface area contributed by atoms with Crippen LogP contribution < -0.4 is 14.8 Å². The van der Waals surface area contributed by atoms with Crippen molar-refractivity contribution in [2.45, 2.75) is 38.3 Å². The Balaban J connectivity index is 1.55. The number of hydrogen-bond acceptors (Lipinski definition) is 4. The summed E-state index contributed by atoms with van der Waals surface area (Å²) in [7, 11) is 0. The minimum Gasteiger partial charge on any atom is -0.493 e. The first-order valence-electron chi connectivity index (χ1n) is 8.19. The molecule has 1 amide bonds. The van der Waals surface area contributed by atoms with Gasteiger partial charge < -0.3 is 24.8 Å². The summed E-state index contributed by atoms with van der Waals surface area (Å²) in [6.45, 7) is 5.83. The molecule has 1 saturated heterocycles. The van der Waals surface area contributed by atoms with E-state index in [0.29, 0.717) is 50.6 Å². The minimum atomic E-state index is -0.897. The van der Waals surface area contributed by atoms with E-state index >= 15 is 0 Å². The number of carbonyl (C=O) groups is 1. The molecule has 1 atom stereocenters. The van der Waals surface area contributed by atoms with Gasteiger partial charge in [-0.05, 0) is 26.3 Å². The molecule has 132 valence electrons. The lowest BCUT2D eigenvalue weighted by Gasteiger charge is -2.31. The average molecular weight is 338 g/mol. The molecule has 0 bridgehead atoms. The third-order valence-corrected chi connectivity index (χ3v) is 4.35. The molecule has 0 saturated carbocycles. The summed E-state index contributed by atoms with van der Waals surface area (Å²) in [5, 5.41) is 12.3. The maximum Gasteiger partial charge on any atom is 0.407 e. The first kappa shape index (κ1) is 16.8. The van der Waals surface area contributed by atoms with Crippen LogP contribution in [0.1, 0.15) is 25.8 Å². The average Bonchev–Trinajstić information content (AvgIpc) is 2.82. The molecule has 6 nitrogen and oxygen atoms in total. The van der Waals surface area contributed by atoms with Crippen molar-refractivity contribution in [3.8, 4) is 11.5 Å². The molecule has 0 aliphatic carbocycles. The highest BCUT2D eigenvalue weighted by atomic mass is 19.1. The number of hydrogen-bond donors (Lipinski definition) is 2. The third kappa shape index (κ3) is 3.72. The third-order valence-electron chi connectivity index (χ3n) is 4.35. The smallest absolute Gasteiger partial charge is 0.407 e. The highest BCUT2D eigenvalue weighted by Gasteiger charge is 2.33. The molecule has 7 heteroatoms. The highest BCUT2D eigenvalue weighted by molar-refractivity contribution is 5.65. The standard InChI is InChI=1S/C17H23FN2O4/c1-17(2)9-11-7-13(8-14(18)15(11)24-17)23-6-3-12-10-20(16(21)22)5-4-19-12/h7-8,12,19H,3-6,9-10H2,1-2H3,(H,21,22)/t12-/m1/s1. The van der Waals surface area contributed by atoms with Gasteiger partial charge in [0.05, 0.1) is 6.61 Å². The van der Waals surface area contributed by atoms with E-state index < -0.39 is 17.5 Å². The SMILES string of the molecule is CC1(C)Cc2cc(OCC[C@@H]3CN(C(=O)O)CCN3)cc(F)c2O1. The Bertz CT molecular complexity index is 635. The Morgan fingerprint density at radius 2 is 2.33 bits per heavy atom. The predicted molar refractivity (Wildman–Crippen MR) is 86.3 cm³/mol. The summed E-state index contributed by atoms with van der Waals surface area (Å²) >= 11 is 0. The van der Waals surface area contributed by atoms with Gasteiger partial charge >= 0.3 is 6.09 Å². The first-order chi connectivity index (χ1) is 11.3. The molecule has 1 aromatic rings. The molecule has 2 aliphatic rings. The van der Waals surface area contributed by atoms with Gasteiger partial charge in [-0.15, -0.1) is 0 Å². The zero-order valence-corrected chi connectivity index (χ0v) is 14.0. The zero-order chi connectivity index (χ0) is 17.3. The summed E-state index contributed by atoms with van der Waals surface area (Å²) in [6, 6.07) is 3.22. The largest absolute Gasteiger partial charge is 0.493 e. The van der Waals surface area contributed by atoms with Crippen molar-refractivity contribution in [2.75, 3.05) is 26.2 Å². The molecule has 24 heavy (non-hydrogen) atoms. The molecule has 1 aromatic carbocycles. The molecule has 3 rings (SSSR count). The van der Waals surface area contributed by atoms with Crippen LogP contribution in [0.3, 0.4) is 0 Å². The Morgan fingerprint density at radius 1 is 1.54 bits per heavy atom. The Morgan fingerprint density at radius 3 is 3.08 bits per heavy atom. The predicted octanol–water partition coefficient (Wildman–Crippen LogP) is 2.26. The molecule has 0 spiro atoms. The molecule has 0 aromatic heterocycles. The van der Waals surface area contributed by atoms with E-state index in [1.165, 1.54) is 11.0 Å². The van der Waals surface area contributed by atoms with Crippen LogP contribution in [0, 0.1) is 5.82 Å². The van der Waals surface area contributed by atoms with Crippen LogP contribution >= 0.6 is 0 Å². The van der Waals surface area contributed by atoms with E-state index in [9.17, 15) is 9.18 Å². The van der Waals surface area contributed by atoms with E-state index in [0.717, 1.165) is 5.56 Å². The van der Waals surface area contributed by atoms with Gasteiger partial charge in [-0.1, -0.05) is 0 Å². The quantitative estimate of drug-likeness (QED) is 0.881. The van der Waals surface area contributed by atoms with Crippen LogP contribution in [0.5, 0.6) is 11.5 Å². The molecule has 0 radical (unpaired) electrons. The summed E-state index contributed by atoms with van der Waals surface area (Å²) in [5.41, 5.74) is 0.427. The van der Waals surface area contributed by atoms with Crippen molar-refractivity contribution in [3.05, 3.63) is 23.5 Å². The van der Waals surface area contributed by atoms with Gasteiger partial charge in [0, 0.05) is 43.7 Å². The normalized spacial score (nSPS) is 22.0.